The van der Waals surface area contributed by atoms with Crippen molar-refractivity contribution < 1.29 is 14.7 Å². The van der Waals surface area contributed by atoms with Crippen molar-refractivity contribution in [3.8, 4) is 0 Å². The Balaban J connectivity index is 2.05. The normalized spacial score (nSPS) is 14.0. The number of carbonyl (C=O) groups is 2. The van der Waals surface area contributed by atoms with Crippen LogP contribution in [0.5, 0.6) is 0 Å². The number of aromatic nitrogens is 1. The lowest BCUT2D eigenvalue weighted by atomic mass is 10.0. The average Bonchev–Trinajstić information content (AvgIpc) is 3.37. The monoisotopic (exact) mass is 312 g/mol. The third-order valence-electron chi connectivity index (χ3n) is 4.07. The number of hydrogen-bond acceptors (Lipinski definition) is 3. The molecule has 5 nitrogen and oxygen atoms in total. The molecule has 1 aromatic heterocycles. The summed E-state index contributed by atoms with van der Waals surface area (Å²) in [4.78, 5) is 30.0. The first kappa shape index (κ1) is 15.5. The zero-order chi connectivity index (χ0) is 16.4. The second kappa shape index (κ2) is 6.36. The minimum absolute atomic E-state index is 0.227. The Hall–Kier alpha value is -2.43. The van der Waals surface area contributed by atoms with Crippen LogP contribution in [0.25, 0.3) is 10.9 Å². The molecule has 0 saturated heterocycles. The van der Waals surface area contributed by atoms with E-state index in [2.05, 4.69) is 4.98 Å². The topological polar surface area (TPSA) is 70.5 Å². The van der Waals surface area contributed by atoms with E-state index in [1.54, 1.807) is 0 Å². The van der Waals surface area contributed by atoms with Gasteiger partial charge >= 0.3 is 5.97 Å². The Labute approximate surface area is 134 Å². The smallest absolute Gasteiger partial charge is 0.323 e. The highest BCUT2D eigenvalue weighted by Crippen LogP contribution is 2.40. The van der Waals surface area contributed by atoms with Crippen LogP contribution >= 0.6 is 0 Å². The van der Waals surface area contributed by atoms with Gasteiger partial charge in [0.1, 0.15) is 6.54 Å². The largest absolute Gasteiger partial charge is 0.480 e. The molecule has 1 aliphatic carbocycles. The third kappa shape index (κ3) is 3.33. The van der Waals surface area contributed by atoms with E-state index in [1.807, 2.05) is 37.3 Å². The standard InChI is InChI=1S/C18H20N2O3/c1-2-9-20(11-17(21)22)18(23)14-10-16(12-7-8-12)19-15-6-4-3-5-13(14)15/h3-6,10,12H,2,7-9,11H2,1H3,(H,21,22). The number of rotatable bonds is 6. The van der Waals surface area contributed by atoms with Gasteiger partial charge < -0.3 is 10.0 Å². The predicted molar refractivity (Wildman–Crippen MR) is 87.5 cm³/mol. The summed E-state index contributed by atoms with van der Waals surface area (Å²) in [6.45, 7) is 2.09. The van der Waals surface area contributed by atoms with E-state index in [0.29, 0.717) is 18.0 Å². The SMILES string of the molecule is CCCN(CC(=O)O)C(=O)c1cc(C2CC2)nc2ccccc12. The first-order valence-corrected chi connectivity index (χ1v) is 8.01. The maximum atomic E-state index is 12.9. The number of para-hydroxylation sites is 1. The van der Waals surface area contributed by atoms with Gasteiger partial charge in [-0.25, -0.2) is 0 Å². The zero-order valence-electron chi connectivity index (χ0n) is 13.2. The van der Waals surface area contributed by atoms with E-state index in [0.717, 1.165) is 35.9 Å². The van der Waals surface area contributed by atoms with Gasteiger partial charge in [0.2, 0.25) is 0 Å². The molecule has 0 bridgehead atoms. The van der Waals surface area contributed by atoms with E-state index in [-0.39, 0.29) is 12.5 Å². The van der Waals surface area contributed by atoms with Crippen LogP contribution in [0.15, 0.2) is 30.3 Å². The summed E-state index contributed by atoms with van der Waals surface area (Å²) in [6.07, 6.45) is 2.93. The lowest BCUT2D eigenvalue weighted by Gasteiger charge is -2.21. The molecule has 3 rings (SSSR count). The number of hydrogen-bond donors (Lipinski definition) is 1. The number of carboxylic acids is 1. The summed E-state index contributed by atoms with van der Waals surface area (Å²) in [7, 11) is 0. The molecule has 1 amide bonds. The van der Waals surface area contributed by atoms with Gasteiger partial charge in [0, 0.05) is 23.5 Å². The number of benzene rings is 1. The number of fused-ring (bicyclic) bond motifs is 1. The first-order chi connectivity index (χ1) is 11.1. The van der Waals surface area contributed by atoms with Crippen molar-refractivity contribution in [1.29, 1.82) is 0 Å². The molecular formula is C18H20N2O3. The zero-order valence-corrected chi connectivity index (χ0v) is 13.2. The van der Waals surface area contributed by atoms with Crippen LogP contribution in [0, 0.1) is 0 Å². The number of carboxylic acid groups (broad SMARTS) is 1. The Kier molecular flexibility index (Phi) is 4.28. The molecule has 0 spiro atoms. The Morgan fingerprint density at radius 1 is 1.30 bits per heavy atom. The maximum Gasteiger partial charge on any atom is 0.323 e. The molecule has 0 aliphatic heterocycles. The summed E-state index contributed by atoms with van der Waals surface area (Å²) in [5, 5.41) is 9.85. The van der Waals surface area contributed by atoms with Crippen LogP contribution in [0.4, 0.5) is 0 Å². The van der Waals surface area contributed by atoms with Gasteiger partial charge in [0.25, 0.3) is 5.91 Å². The number of carbonyl (C=O) groups excluding carboxylic acids is 1. The molecule has 23 heavy (non-hydrogen) atoms. The molecule has 1 saturated carbocycles. The first-order valence-electron chi connectivity index (χ1n) is 8.01. The van der Waals surface area contributed by atoms with E-state index < -0.39 is 5.97 Å². The van der Waals surface area contributed by atoms with Crippen molar-refractivity contribution in [3.05, 3.63) is 41.6 Å². The summed E-state index contributed by atoms with van der Waals surface area (Å²) >= 11 is 0. The van der Waals surface area contributed by atoms with Crippen molar-refractivity contribution in [2.45, 2.75) is 32.1 Å². The highest BCUT2D eigenvalue weighted by atomic mass is 16.4. The molecule has 1 heterocycles. The molecule has 5 heteroatoms. The minimum Gasteiger partial charge on any atom is -0.480 e. The van der Waals surface area contributed by atoms with Gasteiger partial charge in [-0.05, 0) is 31.4 Å². The second-order valence-electron chi connectivity index (χ2n) is 6.01. The van der Waals surface area contributed by atoms with Crippen LogP contribution in [-0.4, -0.2) is 40.0 Å². The molecule has 0 radical (unpaired) electrons. The van der Waals surface area contributed by atoms with Crippen LogP contribution in [0.2, 0.25) is 0 Å². The number of nitrogens with zero attached hydrogens (tertiary/aromatic N) is 2. The van der Waals surface area contributed by atoms with Crippen molar-refractivity contribution in [2.24, 2.45) is 0 Å². The van der Waals surface area contributed by atoms with Crippen LogP contribution < -0.4 is 0 Å². The Morgan fingerprint density at radius 3 is 2.70 bits per heavy atom. The van der Waals surface area contributed by atoms with Crippen molar-refractivity contribution in [2.75, 3.05) is 13.1 Å². The fourth-order valence-corrected chi connectivity index (χ4v) is 2.82. The number of amides is 1. The Morgan fingerprint density at radius 2 is 2.04 bits per heavy atom. The lowest BCUT2D eigenvalue weighted by Crippen LogP contribution is -2.36. The highest BCUT2D eigenvalue weighted by Gasteiger charge is 2.28. The fraction of sp³-hybridized carbons (Fsp3) is 0.389. The Bertz CT molecular complexity index is 753. The van der Waals surface area contributed by atoms with Gasteiger partial charge in [-0.2, -0.15) is 0 Å². The molecule has 1 N–H and O–H groups in total. The van der Waals surface area contributed by atoms with Gasteiger partial charge in [0.15, 0.2) is 0 Å². The second-order valence-corrected chi connectivity index (χ2v) is 6.01. The predicted octanol–water partition coefficient (Wildman–Crippen LogP) is 3.05. The third-order valence-corrected chi connectivity index (χ3v) is 4.07. The number of pyridine rings is 1. The lowest BCUT2D eigenvalue weighted by molar-refractivity contribution is -0.137. The number of aliphatic carboxylic acids is 1. The average molecular weight is 312 g/mol. The summed E-state index contributed by atoms with van der Waals surface area (Å²) < 4.78 is 0. The highest BCUT2D eigenvalue weighted by molar-refractivity contribution is 6.06. The van der Waals surface area contributed by atoms with Crippen LogP contribution in [0.3, 0.4) is 0 Å². The molecular weight excluding hydrogens is 292 g/mol. The van der Waals surface area contributed by atoms with Crippen molar-refractivity contribution in [1.82, 2.24) is 9.88 Å². The van der Waals surface area contributed by atoms with Gasteiger partial charge in [-0.1, -0.05) is 25.1 Å². The molecule has 2 aromatic rings. The van der Waals surface area contributed by atoms with Crippen LogP contribution in [0.1, 0.15) is 48.2 Å². The van der Waals surface area contributed by atoms with Crippen molar-refractivity contribution in [3.63, 3.8) is 0 Å². The maximum absolute atomic E-state index is 12.9. The summed E-state index contributed by atoms with van der Waals surface area (Å²) in [6, 6.07) is 9.41. The van der Waals surface area contributed by atoms with E-state index in [1.165, 1.54) is 4.90 Å². The van der Waals surface area contributed by atoms with Crippen LogP contribution in [-0.2, 0) is 4.79 Å². The molecule has 1 aliphatic rings. The molecule has 120 valence electrons. The summed E-state index contributed by atoms with van der Waals surface area (Å²) in [5.74, 6) is -0.785. The molecule has 1 fully saturated rings. The fourth-order valence-electron chi connectivity index (χ4n) is 2.82. The molecule has 1 aromatic carbocycles. The van der Waals surface area contributed by atoms with E-state index in [9.17, 15) is 9.59 Å². The molecule has 0 atom stereocenters. The van der Waals surface area contributed by atoms with E-state index in [4.69, 9.17) is 5.11 Å². The minimum atomic E-state index is -0.993. The van der Waals surface area contributed by atoms with Crippen molar-refractivity contribution >= 4 is 22.8 Å². The quantitative estimate of drug-likeness (QED) is 0.890. The van der Waals surface area contributed by atoms with E-state index >= 15 is 0 Å². The van der Waals surface area contributed by atoms with Gasteiger partial charge in [0.05, 0.1) is 11.1 Å². The van der Waals surface area contributed by atoms with Gasteiger partial charge in [-0.15, -0.1) is 0 Å². The summed E-state index contributed by atoms with van der Waals surface area (Å²) in [5.41, 5.74) is 2.30. The molecule has 0 unspecified atom stereocenters. The van der Waals surface area contributed by atoms with Gasteiger partial charge in [-0.3, -0.25) is 14.6 Å².